The van der Waals surface area contributed by atoms with Gasteiger partial charge in [0.15, 0.2) is 0 Å². The molecule has 0 atom stereocenters. The maximum atomic E-state index is 12.6. The molecule has 0 aliphatic carbocycles. The average Bonchev–Trinajstić information content (AvgIpc) is 2.81. The molecule has 124 valence electrons. The molecule has 0 radical (unpaired) electrons. The molecule has 1 aromatic heterocycles. The van der Waals surface area contributed by atoms with Gasteiger partial charge in [0.25, 0.3) is 0 Å². The number of benzene rings is 1. The lowest BCUT2D eigenvalue weighted by Gasteiger charge is -2.23. The van der Waals surface area contributed by atoms with Crippen LogP contribution in [0.3, 0.4) is 0 Å². The fraction of sp³-hybridized carbons (Fsp3) is 0.412. The van der Waals surface area contributed by atoms with Gasteiger partial charge in [-0.25, -0.2) is 4.68 Å². The fourth-order valence-electron chi connectivity index (χ4n) is 2.42. The van der Waals surface area contributed by atoms with Crippen molar-refractivity contribution < 1.29 is 4.79 Å². The number of aryl methyl sites for hydroxylation is 1. The zero-order valence-corrected chi connectivity index (χ0v) is 14.4. The van der Waals surface area contributed by atoms with Crippen LogP contribution in [0, 0.1) is 6.92 Å². The highest BCUT2D eigenvalue weighted by Crippen LogP contribution is 2.14. The Hall–Kier alpha value is -2.01. The molecule has 6 heteroatoms. The standard InChI is InChI=1S/C17H23ClN4O/c1-3-4-8-21(11-14-6-5-7-15(18)10-14)17(23)12-22-16(19)9-13(2)20-22/h5-7,9-10H,3-4,8,11-12,19H2,1-2H3. The molecule has 1 amide bonds. The third kappa shape index (κ3) is 4.99. The van der Waals surface area contributed by atoms with Gasteiger partial charge in [-0.1, -0.05) is 37.1 Å². The SMILES string of the molecule is CCCCN(Cc1cccc(Cl)c1)C(=O)Cn1nc(C)cc1N. The van der Waals surface area contributed by atoms with E-state index in [-0.39, 0.29) is 12.5 Å². The molecule has 23 heavy (non-hydrogen) atoms. The lowest BCUT2D eigenvalue weighted by Crippen LogP contribution is -2.34. The number of unbranched alkanes of at least 4 members (excludes halogenated alkanes) is 1. The molecule has 0 spiro atoms. The van der Waals surface area contributed by atoms with E-state index in [1.54, 1.807) is 10.7 Å². The Labute approximate surface area is 142 Å². The summed E-state index contributed by atoms with van der Waals surface area (Å²) < 4.78 is 1.55. The van der Waals surface area contributed by atoms with Crippen LogP contribution in [-0.4, -0.2) is 27.1 Å². The van der Waals surface area contributed by atoms with Crippen molar-refractivity contribution in [1.29, 1.82) is 0 Å². The first-order valence-electron chi connectivity index (χ1n) is 7.81. The largest absolute Gasteiger partial charge is 0.384 e. The predicted octanol–water partition coefficient (Wildman–Crippen LogP) is 3.26. The number of carbonyl (C=O) groups is 1. The van der Waals surface area contributed by atoms with E-state index in [4.69, 9.17) is 17.3 Å². The van der Waals surface area contributed by atoms with Crippen LogP contribution in [0.1, 0.15) is 31.0 Å². The van der Waals surface area contributed by atoms with E-state index in [2.05, 4.69) is 12.0 Å². The number of hydrogen-bond donors (Lipinski definition) is 1. The molecule has 0 aliphatic rings. The second-order valence-electron chi connectivity index (χ2n) is 5.67. The number of hydrogen-bond acceptors (Lipinski definition) is 3. The number of aromatic nitrogens is 2. The predicted molar refractivity (Wildman–Crippen MR) is 93.2 cm³/mol. The maximum absolute atomic E-state index is 12.6. The highest BCUT2D eigenvalue weighted by atomic mass is 35.5. The molecule has 0 saturated carbocycles. The van der Waals surface area contributed by atoms with Crippen molar-refractivity contribution >= 4 is 23.3 Å². The van der Waals surface area contributed by atoms with Crippen molar-refractivity contribution in [1.82, 2.24) is 14.7 Å². The number of nitrogen functional groups attached to an aromatic ring is 1. The van der Waals surface area contributed by atoms with Crippen LogP contribution >= 0.6 is 11.6 Å². The number of anilines is 1. The summed E-state index contributed by atoms with van der Waals surface area (Å²) >= 11 is 6.03. The topological polar surface area (TPSA) is 64.2 Å². The lowest BCUT2D eigenvalue weighted by atomic mass is 10.2. The third-order valence-electron chi connectivity index (χ3n) is 3.62. The Balaban J connectivity index is 2.10. The second kappa shape index (κ2) is 8.02. The minimum absolute atomic E-state index is 0.00762. The third-order valence-corrected chi connectivity index (χ3v) is 3.85. The number of halogens is 1. The van der Waals surface area contributed by atoms with Gasteiger partial charge in [-0.2, -0.15) is 5.10 Å². The van der Waals surface area contributed by atoms with Crippen LogP contribution in [0.5, 0.6) is 0 Å². The summed E-state index contributed by atoms with van der Waals surface area (Å²) in [5, 5.41) is 4.94. The fourth-order valence-corrected chi connectivity index (χ4v) is 2.63. The summed E-state index contributed by atoms with van der Waals surface area (Å²) in [5.41, 5.74) is 7.71. The molecular formula is C17H23ClN4O. The van der Waals surface area contributed by atoms with Crippen molar-refractivity contribution in [2.24, 2.45) is 0 Å². The van der Waals surface area contributed by atoms with Gasteiger partial charge in [0.1, 0.15) is 12.4 Å². The van der Waals surface area contributed by atoms with Crippen LogP contribution in [-0.2, 0) is 17.9 Å². The van der Waals surface area contributed by atoms with Crippen molar-refractivity contribution in [2.75, 3.05) is 12.3 Å². The van der Waals surface area contributed by atoms with Gasteiger partial charge in [0.05, 0.1) is 5.69 Å². The maximum Gasteiger partial charge on any atom is 0.244 e. The van der Waals surface area contributed by atoms with E-state index >= 15 is 0 Å². The average molecular weight is 335 g/mol. The molecular weight excluding hydrogens is 312 g/mol. The second-order valence-corrected chi connectivity index (χ2v) is 6.10. The first-order chi connectivity index (χ1) is 11.0. The van der Waals surface area contributed by atoms with E-state index < -0.39 is 0 Å². The Kier molecular flexibility index (Phi) is 6.04. The molecule has 0 unspecified atom stereocenters. The monoisotopic (exact) mass is 334 g/mol. The van der Waals surface area contributed by atoms with Crippen molar-refractivity contribution in [3.05, 3.63) is 46.6 Å². The van der Waals surface area contributed by atoms with Gasteiger partial charge in [0.2, 0.25) is 5.91 Å². The molecule has 2 aromatic rings. The zero-order chi connectivity index (χ0) is 16.8. The van der Waals surface area contributed by atoms with Crippen LogP contribution in [0.4, 0.5) is 5.82 Å². The van der Waals surface area contributed by atoms with Crippen molar-refractivity contribution in [2.45, 2.75) is 39.8 Å². The molecule has 0 bridgehead atoms. The van der Waals surface area contributed by atoms with E-state index in [1.165, 1.54) is 0 Å². The zero-order valence-electron chi connectivity index (χ0n) is 13.6. The minimum Gasteiger partial charge on any atom is -0.384 e. The number of nitrogens with zero attached hydrogens (tertiary/aromatic N) is 3. The first kappa shape index (κ1) is 17.3. The van der Waals surface area contributed by atoms with Gasteiger partial charge in [-0.05, 0) is 31.0 Å². The summed E-state index contributed by atoms with van der Waals surface area (Å²) in [4.78, 5) is 14.5. The summed E-state index contributed by atoms with van der Waals surface area (Å²) in [6.45, 7) is 5.38. The highest BCUT2D eigenvalue weighted by molar-refractivity contribution is 6.30. The molecule has 2 rings (SSSR count). The number of carbonyl (C=O) groups excluding carboxylic acids is 1. The van der Waals surface area contributed by atoms with Crippen LogP contribution in [0.25, 0.3) is 0 Å². The van der Waals surface area contributed by atoms with E-state index in [0.717, 1.165) is 24.1 Å². The van der Waals surface area contributed by atoms with Crippen molar-refractivity contribution in [3.63, 3.8) is 0 Å². The summed E-state index contributed by atoms with van der Waals surface area (Å²) in [6, 6.07) is 9.36. The molecule has 0 fully saturated rings. The lowest BCUT2D eigenvalue weighted by molar-refractivity contribution is -0.132. The van der Waals surface area contributed by atoms with Crippen LogP contribution < -0.4 is 5.73 Å². The van der Waals surface area contributed by atoms with E-state index in [1.807, 2.05) is 36.1 Å². The minimum atomic E-state index is 0.00762. The molecule has 5 nitrogen and oxygen atoms in total. The Bertz CT molecular complexity index is 668. The number of rotatable bonds is 7. The summed E-state index contributed by atoms with van der Waals surface area (Å²) in [6.07, 6.45) is 1.99. The van der Waals surface area contributed by atoms with E-state index in [0.29, 0.717) is 23.9 Å². The molecule has 1 aromatic carbocycles. The Morgan fingerprint density at radius 1 is 1.39 bits per heavy atom. The smallest absolute Gasteiger partial charge is 0.244 e. The molecule has 2 N–H and O–H groups in total. The Morgan fingerprint density at radius 2 is 2.17 bits per heavy atom. The number of amides is 1. The molecule has 1 heterocycles. The Morgan fingerprint density at radius 3 is 2.78 bits per heavy atom. The molecule has 0 aliphatic heterocycles. The summed E-state index contributed by atoms with van der Waals surface area (Å²) in [5.74, 6) is 0.516. The van der Waals surface area contributed by atoms with Crippen LogP contribution in [0.2, 0.25) is 5.02 Å². The highest BCUT2D eigenvalue weighted by Gasteiger charge is 2.16. The number of nitrogens with two attached hydrogens (primary N) is 1. The van der Waals surface area contributed by atoms with Gasteiger partial charge in [-0.15, -0.1) is 0 Å². The van der Waals surface area contributed by atoms with Gasteiger partial charge < -0.3 is 10.6 Å². The van der Waals surface area contributed by atoms with Gasteiger partial charge >= 0.3 is 0 Å². The normalized spacial score (nSPS) is 10.7. The van der Waals surface area contributed by atoms with Gasteiger partial charge in [0, 0.05) is 24.2 Å². The quantitative estimate of drug-likeness (QED) is 0.845. The van der Waals surface area contributed by atoms with Gasteiger partial charge in [-0.3, -0.25) is 4.79 Å². The van der Waals surface area contributed by atoms with E-state index in [9.17, 15) is 4.79 Å². The van der Waals surface area contributed by atoms with Crippen LogP contribution in [0.15, 0.2) is 30.3 Å². The van der Waals surface area contributed by atoms with Crippen molar-refractivity contribution in [3.8, 4) is 0 Å². The first-order valence-corrected chi connectivity index (χ1v) is 8.19. The molecule has 0 saturated heterocycles. The summed E-state index contributed by atoms with van der Waals surface area (Å²) in [7, 11) is 0.